The third-order valence-electron chi connectivity index (χ3n) is 3.42. The van der Waals surface area contributed by atoms with Crippen molar-refractivity contribution in [2.24, 2.45) is 5.92 Å². The molecule has 116 valence electrons. The van der Waals surface area contributed by atoms with Gasteiger partial charge in [0, 0.05) is 25.1 Å². The highest BCUT2D eigenvalue weighted by Gasteiger charge is 2.20. The molecule has 1 saturated heterocycles. The summed E-state index contributed by atoms with van der Waals surface area (Å²) in [6, 6.07) is 7.52. The lowest BCUT2D eigenvalue weighted by molar-refractivity contribution is -0.125. The Morgan fingerprint density at radius 2 is 2.00 bits per heavy atom. The van der Waals surface area contributed by atoms with Crippen LogP contribution in [0.2, 0.25) is 0 Å². The molecule has 0 aliphatic carbocycles. The van der Waals surface area contributed by atoms with Gasteiger partial charge in [-0.2, -0.15) is 0 Å². The standard InChI is InChI=1S/C15H21N3O2.ClH/c1-11(19)18-14-4-2-3-12(9-14)10-17-15(20)13-5-7-16-8-6-13;/h2-4,9,13,16H,5-8,10H2,1H3,(H,17,20)(H,18,19);1H. The molecule has 2 rings (SSSR count). The van der Waals surface area contributed by atoms with Gasteiger partial charge < -0.3 is 16.0 Å². The number of rotatable bonds is 4. The first-order chi connectivity index (χ1) is 9.65. The molecule has 2 amide bonds. The Hall–Kier alpha value is -1.59. The van der Waals surface area contributed by atoms with Crippen LogP contribution in [-0.4, -0.2) is 24.9 Å². The molecule has 1 aliphatic heterocycles. The van der Waals surface area contributed by atoms with Crippen molar-refractivity contribution in [3.05, 3.63) is 29.8 Å². The fourth-order valence-electron chi connectivity index (χ4n) is 2.38. The van der Waals surface area contributed by atoms with Gasteiger partial charge in [0.05, 0.1) is 0 Å². The minimum Gasteiger partial charge on any atom is -0.352 e. The van der Waals surface area contributed by atoms with Crippen LogP contribution in [0, 0.1) is 5.92 Å². The maximum Gasteiger partial charge on any atom is 0.223 e. The van der Waals surface area contributed by atoms with Crippen LogP contribution in [-0.2, 0) is 16.1 Å². The van der Waals surface area contributed by atoms with Gasteiger partial charge in [0.2, 0.25) is 11.8 Å². The number of carbonyl (C=O) groups is 2. The molecule has 0 radical (unpaired) electrons. The van der Waals surface area contributed by atoms with E-state index in [4.69, 9.17) is 0 Å². The lowest BCUT2D eigenvalue weighted by atomic mass is 9.97. The molecule has 0 atom stereocenters. The lowest BCUT2D eigenvalue weighted by Gasteiger charge is -2.21. The molecule has 0 saturated carbocycles. The molecule has 0 bridgehead atoms. The van der Waals surface area contributed by atoms with E-state index >= 15 is 0 Å². The van der Waals surface area contributed by atoms with E-state index < -0.39 is 0 Å². The first-order valence-electron chi connectivity index (χ1n) is 7.00. The number of carbonyl (C=O) groups excluding carboxylic acids is 2. The van der Waals surface area contributed by atoms with Gasteiger partial charge in [-0.15, -0.1) is 12.4 Å². The van der Waals surface area contributed by atoms with Crippen molar-refractivity contribution >= 4 is 29.9 Å². The highest BCUT2D eigenvalue weighted by molar-refractivity contribution is 5.88. The number of hydrogen-bond donors (Lipinski definition) is 3. The number of piperidine rings is 1. The van der Waals surface area contributed by atoms with Crippen LogP contribution in [0.4, 0.5) is 5.69 Å². The second kappa shape index (κ2) is 8.64. The quantitative estimate of drug-likeness (QED) is 0.792. The summed E-state index contributed by atoms with van der Waals surface area (Å²) >= 11 is 0. The van der Waals surface area contributed by atoms with Gasteiger partial charge in [-0.25, -0.2) is 0 Å². The van der Waals surface area contributed by atoms with Gasteiger partial charge in [0.15, 0.2) is 0 Å². The summed E-state index contributed by atoms with van der Waals surface area (Å²) in [7, 11) is 0. The van der Waals surface area contributed by atoms with E-state index in [1.807, 2.05) is 24.3 Å². The minimum absolute atomic E-state index is 0. The Morgan fingerprint density at radius 1 is 1.29 bits per heavy atom. The van der Waals surface area contributed by atoms with Crippen LogP contribution >= 0.6 is 12.4 Å². The zero-order chi connectivity index (χ0) is 14.4. The van der Waals surface area contributed by atoms with Crippen molar-refractivity contribution in [2.45, 2.75) is 26.3 Å². The van der Waals surface area contributed by atoms with Gasteiger partial charge in [0.1, 0.15) is 0 Å². The zero-order valence-electron chi connectivity index (χ0n) is 12.1. The van der Waals surface area contributed by atoms with E-state index in [0.717, 1.165) is 37.2 Å². The van der Waals surface area contributed by atoms with Crippen molar-refractivity contribution in [1.82, 2.24) is 10.6 Å². The highest BCUT2D eigenvalue weighted by atomic mass is 35.5. The summed E-state index contributed by atoms with van der Waals surface area (Å²) in [4.78, 5) is 23.0. The van der Waals surface area contributed by atoms with Gasteiger partial charge in [-0.3, -0.25) is 9.59 Å². The number of halogens is 1. The Kier molecular flexibility index (Phi) is 7.19. The van der Waals surface area contributed by atoms with Gasteiger partial charge >= 0.3 is 0 Å². The lowest BCUT2D eigenvalue weighted by Crippen LogP contribution is -2.37. The number of hydrogen-bond acceptors (Lipinski definition) is 3. The smallest absolute Gasteiger partial charge is 0.223 e. The normalized spacial score (nSPS) is 14.9. The summed E-state index contributed by atoms with van der Waals surface area (Å²) < 4.78 is 0. The Labute approximate surface area is 131 Å². The molecule has 1 aromatic rings. The SMILES string of the molecule is CC(=O)Nc1cccc(CNC(=O)C2CCNCC2)c1.Cl. The third kappa shape index (κ3) is 5.73. The Balaban J connectivity index is 0.00000220. The fourth-order valence-corrected chi connectivity index (χ4v) is 2.38. The Bertz CT molecular complexity index is 488. The van der Waals surface area contributed by atoms with E-state index in [-0.39, 0.29) is 30.1 Å². The van der Waals surface area contributed by atoms with Crippen LogP contribution in [0.25, 0.3) is 0 Å². The second-order valence-corrected chi connectivity index (χ2v) is 5.12. The maximum atomic E-state index is 12.0. The average molecular weight is 312 g/mol. The predicted octanol–water partition coefficient (Wildman–Crippen LogP) is 1.68. The summed E-state index contributed by atoms with van der Waals surface area (Å²) in [6.45, 7) is 3.80. The van der Waals surface area contributed by atoms with Crippen molar-refractivity contribution in [3.63, 3.8) is 0 Å². The van der Waals surface area contributed by atoms with Crippen molar-refractivity contribution in [2.75, 3.05) is 18.4 Å². The van der Waals surface area contributed by atoms with E-state index in [0.29, 0.717) is 6.54 Å². The van der Waals surface area contributed by atoms with Crippen LogP contribution < -0.4 is 16.0 Å². The van der Waals surface area contributed by atoms with Crippen LogP contribution in [0.15, 0.2) is 24.3 Å². The number of amides is 2. The van der Waals surface area contributed by atoms with Gasteiger partial charge in [-0.05, 0) is 43.6 Å². The van der Waals surface area contributed by atoms with Crippen LogP contribution in [0.1, 0.15) is 25.3 Å². The summed E-state index contributed by atoms with van der Waals surface area (Å²) in [6.07, 6.45) is 1.80. The summed E-state index contributed by atoms with van der Waals surface area (Å²) in [5.41, 5.74) is 1.74. The monoisotopic (exact) mass is 311 g/mol. The van der Waals surface area contributed by atoms with E-state index in [1.165, 1.54) is 6.92 Å². The largest absolute Gasteiger partial charge is 0.352 e. The predicted molar refractivity (Wildman–Crippen MR) is 85.4 cm³/mol. The van der Waals surface area contributed by atoms with Crippen LogP contribution in [0.5, 0.6) is 0 Å². The minimum atomic E-state index is -0.0964. The molecule has 0 unspecified atom stereocenters. The Morgan fingerprint density at radius 3 is 2.67 bits per heavy atom. The number of benzene rings is 1. The first kappa shape index (κ1) is 17.5. The first-order valence-corrected chi connectivity index (χ1v) is 7.00. The molecule has 1 aromatic carbocycles. The fraction of sp³-hybridized carbons (Fsp3) is 0.467. The van der Waals surface area contributed by atoms with E-state index in [1.54, 1.807) is 0 Å². The van der Waals surface area contributed by atoms with Crippen LogP contribution in [0.3, 0.4) is 0 Å². The topological polar surface area (TPSA) is 70.2 Å². The van der Waals surface area contributed by atoms with Gasteiger partial charge in [-0.1, -0.05) is 12.1 Å². The molecule has 6 heteroatoms. The van der Waals surface area contributed by atoms with E-state index in [2.05, 4.69) is 16.0 Å². The van der Waals surface area contributed by atoms with Crippen molar-refractivity contribution in [1.29, 1.82) is 0 Å². The molecular formula is C15H22ClN3O2. The molecule has 3 N–H and O–H groups in total. The van der Waals surface area contributed by atoms with Gasteiger partial charge in [0.25, 0.3) is 0 Å². The molecule has 1 heterocycles. The molecular weight excluding hydrogens is 290 g/mol. The molecule has 0 spiro atoms. The highest BCUT2D eigenvalue weighted by Crippen LogP contribution is 2.13. The number of nitrogens with one attached hydrogen (secondary N) is 3. The second-order valence-electron chi connectivity index (χ2n) is 5.12. The van der Waals surface area contributed by atoms with Crippen molar-refractivity contribution in [3.8, 4) is 0 Å². The zero-order valence-corrected chi connectivity index (χ0v) is 13.0. The van der Waals surface area contributed by atoms with E-state index in [9.17, 15) is 9.59 Å². The molecule has 21 heavy (non-hydrogen) atoms. The molecule has 5 nitrogen and oxygen atoms in total. The third-order valence-corrected chi connectivity index (χ3v) is 3.42. The average Bonchev–Trinajstić information content (AvgIpc) is 2.45. The molecule has 0 aromatic heterocycles. The maximum absolute atomic E-state index is 12.0. The summed E-state index contributed by atoms with van der Waals surface area (Å²) in [5, 5.41) is 8.95. The number of anilines is 1. The molecule has 1 aliphatic rings. The molecule has 1 fully saturated rings. The summed E-state index contributed by atoms with van der Waals surface area (Å²) in [5.74, 6) is 0.145. The van der Waals surface area contributed by atoms with Crippen molar-refractivity contribution < 1.29 is 9.59 Å².